The fraction of sp³-hybridized carbons (Fsp3) is 0.160. The molecule has 4 aromatic rings. The molecule has 4 rings (SSSR count). The molecular weight excluding hydrogens is 388 g/mol. The lowest BCUT2D eigenvalue weighted by Gasteiger charge is -2.08. The second-order valence-electron chi connectivity index (χ2n) is 7.30. The molecule has 0 aliphatic carbocycles. The summed E-state index contributed by atoms with van der Waals surface area (Å²) in [6, 6.07) is 19.6. The van der Waals surface area contributed by atoms with Crippen molar-refractivity contribution in [1.82, 2.24) is 20.1 Å². The fourth-order valence-corrected chi connectivity index (χ4v) is 3.46. The molecule has 0 saturated carbocycles. The van der Waals surface area contributed by atoms with Crippen LogP contribution in [-0.2, 0) is 24.8 Å². The number of benzene rings is 2. The largest absolute Gasteiger partial charge is 0.497 e. The smallest absolute Gasteiger partial charge is 0.224 e. The Bertz CT molecular complexity index is 1170. The van der Waals surface area contributed by atoms with Gasteiger partial charge in [-0.15, -0.1) is 0 Å². The van der Waals surface area contributed by atoms with Crippen molar-refractivity contribution in [3.8, 4) is 28.1 Å². The van der Waals surface area contributed by atoms with Crippen LogP contribution < -0.4 is 10.1 Å². The number of rotatable bonds is 7. The zero-order valence-corrected chi connectivity index (χ0v) is 17.6. The average molecular weight is 412 g/mol. The summed E-state index contributed by atoms with van der Waals surface area (Å²) in [5.74, 6) is 0.726. The maximum Gasteiger partial charge on any atom is 0.224 e. The number of nitrogens with one attached hydrogen (secondary N) is 1. The zero-order chi connectivity index (χ0) is 21.6. The number of nitrogens with zero attached hydrogens (tertiary/aromatic N) is 3. The van der Waals surface area contributed by atoms with Crippen LogP contribution in [-0.4, -0.2) is 27.8 Å². The Morgan fingerprint density at radius 3 is 2.52 bits per heavy atom. The monoisotopic (exact) mass is 412 g/mol. The quantitative estimate of drug-likeness (QED) is 0.498. The van der Waals surface area contributed by atoms with Gasteiger partial charge in [-0.1, -0.05) is 36.4 Å². The molecule has 2 aromatic heterocycles. The van der Waals surface area contributed by atoms with E-state index in [-0.39, 0.29) is 5.91 Å². The number of methoxy groups -OCH3 is 1. The van der Waals surface area contributed by atoms with Crippen molar-refractivity contribution in [3.63, 3.8) is 0 Å². The van der Waals surface area contributed by atoms with Crippen LogP contribution in [0.25, 0.3) is 22.4 Å². The van der Waals surface area contributed by atoms with Gasteiger partial charge < -0.3 is 10.1 Å². The molecule has 0 aliphatic rings. The highest BCUT2D eigenvalue weighted by Gasteiger charge is 2.12. The van der Waals surface area contributed by atoms with Crippen LogP contribution in [0.5, 0.6) is 5.75 Å². The SMILES string of the molecule is COc1cccc(CC(=O)NCc2ccc(-c3nn(C)cc3-c3ccncc3)cc2)c1. The summed E-state index contributed by atoms with van der Waals surface area (Å²) in [5, 5.41) is 7.62. The maximum absolute atomic E-state index is 12.3. The van der Waals surface area contributed by atoms with Crippen LogP contribution in [0.2, 0.25) is 0 Å². The van der Waals surface area contributed by atoms with E-state index < -0.39 is 0 Å². The van der Waals surface area contributed by atoms with E-state index in [0.717, 1.165) is 39.3 Å². The highest BCUT2D eigenvalue weighted by atomic mass is 16.5. The van der Waals surface area contributed by atoms with Gasteiger partial charge in [0, 0.05) is 43.3 Å². The minimum atomic E-state index is -0.0259. The minimum absolute atomic E-state index is 0.0259. The molecule has 0 radical (unpaired) electrons. The van der Waals surface area contributed by atoms with Crippen LogP contribution >= 0.6 is 0 Å². The van der Waals surface area contributed by atoms with E-state index in [1.165, 1.54) is 0 Å². The average Bonchev–Trinajstić information content (AvgIpc) is 3.20. The van der Waals surface area contributed by atoms with Gasteiger partial charge >= 0.3 is 0 Å². The summed E-state index contributed by atoms with van der Waals surface area (Å²) in [6.45, 7) is 0.475. The second-order valence-corrected chi connectivity index (χ2v) is 7.30. The van der Waals surface area contributed by atoms with Gasteiger partial charge in [0.15, 0.2) is 0 Å². The predicted octanol–water partition coefficient (Wildman–Crippen LogP) is 4.02. The second kappa shape index (κ2) is 9.26. The number of aryl methyl sites for hydroxylation is 1. The highest BCUT2D eigenvalue weighted by molar-refractivity contribution is 5.80. The van der Waals surface area contributed by atoms with E-state index in [4.69, 9.17) is 4.74 Å². The molecule has 6 heteroatoms. The Labute approximate surface area is 181 Å². The van der Waals surface area contributed by atoms with Crippen LogP contribution in [0.4, 0.5) is 0 Å². The van der Waals surface area contributed by atoms with Crippen LogP contribution in [0.15, 0.2) is 79.3 Å². The van der Waals surface area contributed by atoms with Crippen LogP contribution in [0.1, 0.15) is 11.1 Å². The third kappa shape index (κ3) is 4.98. The third-order valence-corrected chi connectivity index (χ3v) is 5.04. The summed E-state index contributed by atoms with van der Waals surface area (Å²) >= 11 is 0. The van der Waals surface area contributed by atoms with E-state index in [0.29, 0.717) is 13.0 Å². The number of aromatic nitrogens is 3. The van der Waals surface area contributed by atoms with Crippen molar-refractivity contribution in [1.29, 1.82) is 0 Å². The van der Waals surface area contributed by atoms with Crippen molar-refractivity contribution < 1.29 is 9.53 Å². The summed E-state index contributed by atoms with van der Waals surface area (Å²) in [5.41, 5.74) is 6.03. The lowest BCUT2D eigenvalue weighted by atomic mass is 10.0. The Morgan fingerprint density at radius 2 is 1.77 bits per heavy atom. The Morgan fingerprint density at radius 1 is 1.00 bits per heavy atom. The Kier molecular flexibility index (Phi) is 6.08. The molecular formula is C25H24N4O2. The molecule has 1 amide bonds. The molecule has 0 fully saturated rings. The lowest BCUT2D eigenvalue weighted by Crippen LogP contribution is -2.24. The summed E-state index contributed by atoms with van der Waals surface area (Å²) < 4.78 is 7.03. The first-order chi connectivity index (χ1) is 15.1. The Hall–Kier alpha value is -3.93. The maximum atomic E-state index is 12.3. The number of hydrogen-bond acceptors (Lipinski definition) is 4. The van der Waals surface area contributed by atoms with E-state index in [9.17, 15) is 4.79 Å². The number of ether oxygens (including phenoxy) is 1. The normalized spacial score (nSPS) is 10.6. The van der Waals surface area contributed by atoms with E-state index in [1.54, 1.807) is 19.5 Å². The fourth-order valence-electron chi connectivity index (χ4n) is 3.46. The van der Waals surface area contributed by atoms with Gasteiger partial charge in [-0.2, -0.15) is 5.10 Å². The molecule has 1 N–H and O–H groups in total. The van der Waals surface area contributed by atoms with E-state index >= 15 is 0 Å². The van der Waals surface area contributed by atoms with Crippen molar-refractivity contribution in [3.05, 3.63) is 90.4 Å². The number of hydrogen-bond donors (Lipinski definition) is 1. The molecule has 156 valence electrons. The van der Waals surface area contributed by atoms with Crippen molar-refractivity contribution in [2.45, 2.75) is 13.0 Å². The molecule has 0 spiro atoms. The Balaban J connectivity index is 1.42. The molecule has 0 aliphatic heterocycles. The van der Waals surface area contributed by atoms with E-state index in [1.807, 2.05) is 78.6 Å². The molecule has 0 unspecified atom stereocenters. The van der Waals surface area contributed by atoms with Crippen molar-refractivity contribution in [2.75, 3.05) is 7.11 Å². The summed E-state index contributed by atoms with van der Waals surface area (Å²) in [6.07, 6.45) is 5.89. The standard InChI is InChI=1S/C25H24N4O2/c1-29-17-23(20-10-12-26-13-11-20)25(28-29)21-8-6-18(7-9-21)16-27-24(30)15-19-4-3-5-22(14-19)31-2/h3-14,17H,15-16H2,1-2H3,(H,27,30). The number of amides is 1. The number of carbonyl (C=O) groups is 1. The molecule has 6 nitrogen and oxygen atoms in total. The molecule has 2 aromatic carbocycles. The first-order valence-corrected chi connectivity index (χ1v) is 10.1. The van der Waals surface area contributed by atoms with Gasteiger partial charge in [0.25, 0.3) is 0 Å². The summed E-state index contributed by atoms with van der Waals surface area (Å²) in [7, 11) is 3.54. The van der Waals surface area contributed by atoms with Gasteiger partial charge in [-0.25, -0.2) is 0 Å². The molecule has 0 atom stereocenters. The molecule has 31 heavy (non-hydrogen) atoms. The highest BCUT2D eigenvalue weighted by Crippen LogP contribution is 2.30. The van der Waals surface area contributed by atoms with Gasteiger partial charge in [0.2, 0.25) is 5.91 Å². The lowest BCUT2D eigenvalue weighted by molar-refractivity contribution is -0.120. The van der Waals surface area contributed by atoms with Gasteiger partial charge in [-0.3, -0.25) is 14.5 Å². The predicted molar refractivity (Wildman–Crippen MR) is 120 cm³/mol. The minimum Gasteiger partial charge on any atom is -0.497 e. The molecule has 0 saturated heterocycles. The first kappa shape index (κ1) is 20.3. The number of carbonyl (C=O) groups excluding carboxylic acids is 1. The molecule has 2 heterocycles. The summed E-state index contributed by atoms with van der Waals surface area (Å²) in [4.78, 5) is 16.4. The van der Waals surface area contributed by atoms with Gasteiger partial charge in [0.05, 0.1) is 13.5 Å². The molecule has 0 bridgehead atoms. The van der Waals surface area contributed by atoms with Crippen LogP contribution in [0, 0.1) is 0 Å². The van der Waals surface area contributed by atoms with Crippen molar-refractivity contribution >= 4 is 5.91 Å². The third-order valence-electron chi connectivity index (χ3n) is 5.04. The number of pyridine rings is 1. The van der Waals surface area contributed by atoms with Crippen LogP contribution in [0.3, 0.4) is 0 Å². The first-order valence-electron chi connectivity index (χ1n) is 10.1. The topological polar surface area (TPSA) is 69.0 Å². The van der Waals surface area contributed by atoms with Gasteiger partial charge in [-0.05, 0) is 41.0 Å². The zero-order valence-electron chi connectivity index (χ0n) is 17.6. The van der Waals surface area contributed by atoms with Gasteiger partial charge in [0.1, 0.15) is 11.4 Å². The van der Waals surface area contributed by atoms with E-state index in [2.05, 4.69) is 15.4 Å². The van der Waals surface area contributed by atoms with Crippen molar-refractivity contribution in [2.24, 2.45) is 7.05 Å².